The summed E-state index contributed by atoms with van der Waals surface area (Å²) in [7, 11) is 0. The monoisotopic (exact) mass is 248 g/mol. The fourth-order valence-electron chi connectivity index (χ4n) is 3.47. The van der Waals surface area contributed by atoms with Gasteiger partial charge in [0.1, 0.15) is 11.6 Å². The Labute approximate surface area is 109 Å². The van der Waals surface area contributed by atoms with Crippen molar-refractivity contribution in [3.05, 3.63) is 11.6 Å². The molecule has 0 aromatic carbocycles. The molecule has 18 heavy (non-hydrogen) atoms. The first kappa shape index (κ1) is 12.2. The van der Waals surface area contributed by atoms with Crippen LogP contribution in [0, 0.1) is 6.92 Å². The van der Waals surface area contributed by atoms with E-state index in [9.17, 15) is 0 Å². The molecule has 0 atom stereocenters. The van der Waals surface area contributed by atoms with Gasteiger partial charge in [0.2, 0.25) is 0 Å². The summed E-state index contributed by atoms with van der Waals surface area (Å²) in [4.78, 5) is 0. The molecule has 3 rings (SSSR count). The van der Waals surface area contributed by atoms with Crippen molar-refractivity contribution in [1.29, 1.82) is 0 Å². The van der Waals surface area contributed by atoms with Crippen molar-refractivity contribution in [2.75, 3.05) is 0 Å². The Morgan fingerprint density at radius 1 is 1.17 bits per heavy atom. The molecule has 0 bridgehead atoms. The molecule has 2 N–H and O–H groups in total. The molecule has 2 aliphatic rings. The van der Waals surface area contributed by atoms with Crippen LogP contribution >= 0.6 is 0 Å². The Bertz CT molecular complexity index is 413. The van der Waals surface area contributed by atoms with Crippen LogP contribution in [0.3, 0.4) is 0 Å². The van der Waals surface area contributed by atoms with E-state index in [-0.39, 0.29) is 5.54 Å². The zero-order valence-electron chi connectivity index (χ0n) is 11.4. The molecular weight excluding hydrogens is 224 g/mol. The number of aromatic nitrogens is 3. The standard InChI is InChI=1S/C14H24N4/c1-11-16-17-13(10-14(15)8-5-9-14)18(11)12-6-3-2-4-7-12/h12H,2-10,15H2,1H3. The van der Waals surface area contributed by atoms with Gasteiger partial charge < -0.3 is 10.3 Å². The van der Waals surface area contributed by atoms with Crippen LogP contribution in [0.25, 0.3) is 0 Å². The zero-order chi connectivity index (χ0) is 12.6. The van der Waals surface area contributed by atoms with Gasteiger partial charge >= 0.3 is 0 Å². The van der Waals surface area contributed by atoms with Crippen molar-refractivity contribution >= 4 is 0 Å². The topological polar surface area (TPSA) is 56.7 Å². The molecule has 0 saturated heterocycles. The van der Waals surface area contributed by atoms with Crippen LogP contribution < -0.4 is 5.73 Å². The lowest BCUT2D eigenvalue weighted by Crippen LogP contribution is -2.49. The molecule has 0 spiro atoms. The minimum absolute atomic E-state index is 0.00584. The van der Waals surface area contributed by atoms with Gasteiger partial charge in [0.25, 0.3) is 0 Å². The van der Waals surface area contributed by atoms with Gasteiger partial charge in [0.15, 0.2) is 0 Å². The highest BCUT2D eigenvalue weighted by Crippen LogP contribution is 2.34. The predicted molar refractivity (Wildman–Crippen MR) is 71.4 cm³/mol. The molecule has 2 aliphatic carbocycles. The average molecular weight is 248 g/mol. The van der Waals surface area contributed by atoms with E-state index in [1.807, 2.05) is 0 Å². The van der Waals surface area contributed by atoms with E-state index >= 15 is 0 Å². The van der Waals surface area contributed by atoms with E-state index < -0.39 is 0 Å². The fraction of sp³-hybridized carbons (Fsp3) is 0.857. The Morgan fingerprint density at radius 3 is 2.50 bits per heavy atom. The van der Waals surface area contributed by atoms with Crippen LogP contribution in [0.15, 0.2) is 0 Å². The van der Waals surface area contributed by atoms with Gasteiger partial charge in [-0.15, -0.1) is 10.2 Å². The Morgan fingerprint density at radius 2 is 1.89 bits per heavy atom. The molecule has 100 valence electrons. The highest BCUT2D eigenvalue weighted by Gasteiger charge is 2.35. The summed E-state index contributed by atoms with van der Waals surface area (Å²) in [5, 5.41) is 8.68. The van der Waals surface area contributed by atoms with Crippen LogP contribution in [0.5, 0.6) is 0 Å². The number of nitrogens with two attached hydrogens (primary N) is 1. The summed E-state index contributed by atoms with van der Waals surface area (Å²) >= 11 is 0. The quantitative estimate of drug-likeness (QED) is 0.894. The van der Waals surface area contributed by atoms with Crippen LogP contribution in [0.1, 0.15) is 69.1 Å². The molecule has 4 nitrogen and oxygen atoms in total. The van der Waals surface area contributed by atoms with E-state index in [1.54, 1.807) is 0 Å². The first-order valence-corrected chi connectivity index (χ1v) is 7.37. The number of nitrogens with zero attached hydrogens (tertiary/aromatic N) is 3. The third-order valence-corrected chi connectivity index (χ3v) is 4.74. The number of hydrogen-bond donors (Lipinski definition) is 1. The first-order chi connectivity index (χ1) is 8.68. The highest BCUT2D eigenvalue weighted by atomic mass is 15.3. The van der Waals surface area contributed by atoms with Crippen molar-refractivity contribution < 1.29 is 0 Å². The van der Waals surface area contributed by atoms with E-state index in [4.69, 9.17) is 5.73 Å². The molecule has 0 aliphatic heterocycles. The van der Waals surface area contributed by atoms with Crippen LogP contribution in [-0.2, 0) is 6.42 Å². The Kier molecular flexibility index (Phi) is 3.14. The third-order valence-electron chi connectivity index (χ3n) is 4.74. The molecule has 0 unspecified atom stereocenters. The molecule has 1 aromatic heterocycles. The molecule has 2 fully saturated rings. The first-order valence-electron chi connectivity index (χ1n) is 7.37. The number of hydrogen-bond acceptors (Lipinski definition) is 3. The second kappa shape index (κ2) is 4.65. The number of aryl methyl sites for hydroxylation is 1. The molecule has 1 heterocycles. The Hall–Kier alpha value is -0.900. The highest BCUT2D eigenvalue weighted by molar-refractivity contribution is 5.06. The summed E-state index contributed by atoms with van der Waals surface area (Å²) in [5.74, 6) is 2.20. The van der Waals surface area contributed by atoms with Crippen molar-refractivity contribution in [3.8, 4) is 0 Å². The minimum atomic E-state index is 0.00584. The van der Waals surface area contributed by atoms with Gasteiger partial charge in [-0.25, -0.2) is 0 Å². The summed E-state index contributed by atoms with van der Waals surface area (Å²) in [5.41, 5.74) is 6.37. The molecule has 0 radical (unpaired) electrons. The fourth-order valence-corrected chi connectivity index (χ4v) is 3.47. The predicted octanol–water partition coefficient (Wildman–Crippen LogP) is 2.52. The maximum Gasteiger partial charge on any atom is 0.135 e. The lowest BCUT2D eigenvalue weighted by Gasteiger charge is -2.38. The maximum atomic E-state index is 6.36. The summed E-state index contributed by atoms with van der Waals surface area (Å²) in [6.45, 7) is 2.08. The third kappa shape index (κ3) is 2.18. The van der Waals surface area contributed by atoms with Crippen molar-refractivity contribution in [1.82, 2.24) is 14.8 Å². The van der Waals surface area contributed by atoms with Crippen molar-refractivity contribution in [3.63, 3.8) is 0 Å². The van der Waals surface area contributed by atoms with Gasteiger partial charge in [-0.3, -0.25) is 0 Å². The molecular formula is C14H24N4. The zero-order valence-corrected chi connectivity index (χ0v) is 11.4. The lowest BCUT2D eigenvalue weighted by atomic mass is 9.75. The van der Waals surface area contributed by atoms with Gasteiger partial charge in [-0.1, -0.05) is 19.3 Å². The molecule has 4 heteroatoms. The largest absolute Gasteiger partial charge is 0.325 e. The van der Waals surface area contributed by atoms with E-state index in [0.29, 0.717) is 6.04 Å². The van der Waals surface area contributed by atoms with E-state index in [2.05, 4.69) is 21.7 Å². The summed E-state index contributed by atoms with van der Waals surface area (Å²) in [6, 6.07) is 0.618. The van der Waals surface area contributed by atoms with Crippen LogP contribution in [0.2, 0.25) is 0 Å². The van der Waals surface area contributed by atoms with Crippen molar-refractivity contribution in [2.24, 2.45) is 5.73 Å². The van der Waals surface area contributed by atoms with E-state index in [0.717, 1.165) is 30.9 Å². The minimum Gasteiger partial charge on any atom is -0.325 e. The molecule has 0 amide bonds. The van der Waals surface area contributed by atoms with Gasteiger partial charge in [0, 0.05) is 18.0 Å². The number of rotatable bonds is 3. The van der Waals surface area contributed by atoms with Crippen LogP contribution in [0.4, 0.5) is 0 Å². The summed E-state index contributed by atoms with van der Waals surface area (Å²) < 4.78 is 2.38. The van der Waals surface area contributed by atoms with Gasteiger partial charge in [-0.2, -0.15) is 0 Å². The second-order valence-corrected chi connectivity index (χ2v) is 6.22. The van der Waals surface area contributed by atoms with Crippen molar-refractivity contribution in [2.45, 2.75) is 76.3 Å². The van der Waals surface area contributed by atoms with Crippen LogP contribution in [-0.4, -0.2) is 20.3 Å². The van der Waals surface area contributed by atoms with Gasteiger partial charge in [-0.05, 0) is 39.0 Å². The van der Waals surface area contributed by atoms with Gasteiger partial charge in [0.05, 0.1) is 0 Å². The van der Waals surface area contributed by atoms with E-state index in [1.165, 1.54) is 38.5 Å². The normalized spacial score (nSPS) is 23.9. The smallest absolute Gasteiger partial charge is 0.135 e. The maximum absolute atomic E-state index is 6.36. The Balaban J connectivity index is 1.81. The lowest BCUT2D eigenvalue weighted by molar-refractivity contribution is 0.235. The second-order valence-electron chi connectivity index (χ2n) is 6.22. The molecule has 1 aromatic rings. The molecule has 2 saturated carbocycles. The average Bonchev–Trinajstić information content (AvgIpc) is 2.69. The summed E-state index contributed by atoms with van der Waals surface area (Å²) in [6.07, 6.45) is 11.1. The SMILES string of the molecule is Cc1nnc(CC2(N)CCC2)n1C1CCCCC1.